The second kappa shape index (κ2) is 9.03. The van der Waals surface area contributed by atoms with Crippen molar-refractivity contribution in [1.82, 2.24) is 25.5 Å². The molecule has 3 fully saturated rings. The van der Waals surface area contributed by atoms with E-state index in [0.29, 0.717) is 52.6 Å². The van der Waals surface area contributed by atoms with Crippen LogP contribution in [0.4, 0.5) is 10.2 Å². The molecule has 8 nitrogen and oxygen atoms in total. The third kappa shape index (κ3) is 4.40. The molecule has 1 saturated carbocycles. The molecule has 3 aromatic rings. The molecule has 3 atom stereocenters. The Morgan fingerprint density at radius 3 is 2.43 bits per heavy atom. The van der Waals surface area contributed by atoms with Crippen LogP contribution in [-0.4, -0.2) is 56.5 Å². The highest BCUT2D eigenvalue weighted by Crippen LogP contribution is 2.38. The van der Waals surface area contributed by atoms with Gasteiger partial charge in [-0.25, -0.2) is 14.4 Å². The van der Waals surface area contributed by atoms with Gasteiger partial charge in [0.25, 0.3) is 0 Å². The number of fused-ring (bicyclic) bond motifs is 2. The molecule has 1 aliphatic carbocycles. The van der Waals surface area contributed by atoms with Gasteiger partial charge in [0.05, 0.1) is 25.1 Å². The molecular formula is C26H29FN6O2. The maximum atomic E-state index is 14.3. The monoisotopic (exact) mass is 476 g/mol. The molecule has 35 heavy (non-hydrogen) atoms. The maximum absolute atomic E-state index is 14.3. The van der Waals surface area contributed by atoms with Crippen molar-refractivity contribution in [1.29, 1.82) is 0 Å². The molecule has 6 rings (SSSR count). The number of phenols is 1. The van der Waals surface area contributed by atoms with E-state index in [4.69, 9.17) is 4.74 Å². The quantitative estimate of drug-likeness (QED) is 0.549. The largest absolute Gasteiger partial charge is 0.507 e. The minimum Gasteiger partial charge on any atom is -0.507 e. The van der Waals surface area contributed by atoms with Crippen molar-refractivity contribution in [2.24, 2.45) is 0 Å². The van der Waals surface area contributed by atoms with Gasteiger partial charge in [-0.1, -0.05) is 12.5 Å². The van der Waals surface area contributed by atoms with Crippen LogP contribution in [0.2, 0.25) is 0 Å². The Labute approximate surface area is 203 Å². The highest BCUT2D eigenvalue weighted by molar-refractivity contribution is 5.73. The zero-order chi connectivity index (χ0) is 23.9. The highest BCUT2D eigenvalue weighted by atomic mass is 19.1. The van der Waals surface area contributed by atoms with Gasteiger partial charge < -0.3 is 20.1 Å². The molecule has 0 radical (unpaired) electrons. The van der Waals surface area contributed by atoms with E-state index in [2.05, 4.69) is 30.4 Å². The Balaban J connectivity index is 1.25. The normalized spacial score (nSPS) is 23.7. The number of nitrogens with zero attached hydrogens (tertiary/aromatic N) is 5. The molecule has 4 heterocycles. The van der Waals surface area contributed by atoms with Crippen LogP contribution in [0.25, 0.3) is 22.5 Å². The SMILES string of the molecule is COc1cc(-c2ccc(-c3ncc(N(C4CC4)[C@@H]4C[C@H]5CCC[C@@H](C4)N5)nn3)c(O)c2)c(F)cn1. The van der Waals surface area contributed by atoms with Gasteiger partial charge in [0.2, 0.25) is 5.88 Å². The number of methoxy groups -OCH3 is 1. The number of phenolic OH excluding ortho intramolecular Hbond substituents is 1. The van der Waals surface area contributed by atoms with Gasteiger partial charge in [-0.3, -0.25) is 0 Å². The molecule has 182 valence electrons. The van der Waals surface area contributed by atoms with Crippen molar-refractivity contribution in [3.63, 3.8) is 0 Å². The Bertz CT molecular complexity index is 1210. The van der Waals surface area contributed by atoms with E-state index in [-0.39, 0.29) is 5.75 Å². The third-order valence-corrected chi connectivity index (χ3v) is 7.43. The Morgan fingerprint density at radius 1 is 0.971 bits per heavy atom. The first-order chi connectivity index (χ1) is 17.1. The first-order valence-corrected chi connectivity index (χ1v) is 12.4. The number of pyridine rings is 1. The van der Waals surface area contributed by atoms with Crippen LogP contribution in [0.5, 0.6) is 11.6 Å². The molecule has 3 aliphatic rings. The third-order valence-electron chi connectivity index (χ3n) is 7.43. The fourth-order valence-corrected chi connectivity index (χ4v) is 5.64. The first kappa shape index (κ1) is 22.2. The number of anilines is 1. The van der Waals surface area contributed by atoms with Crippen molar-refractivity contribution in [3.8, 4) is 34.1 Å². The van der Waals surface area contributed by atoms with Crippen molar-refractivity contribution >= 4 is 5.82 Å². The molecule has 0 unspecified atom stereocenters. The summed E-state index contributed by atoms with van der Waals surface area (Å²) in [6.45, 7) is 0. The number of ether oxygens (including phenoxy) is 1. The van der Waals surface area contributed by atoms with Gasteiger partial charge in [0.15, 0.2) is 11.6 Å². The van der Waals surface area contributed by atoms with Crippen LogP contribution in [0.3, 0.4) is 0 Å². The lowest BCUT2D eigenvalue weighted by atomic mass is 9.83. The molecule has 0 spiro atoms. The van der Waals surface area contributed by atoms with Crippen molar-refractivity contribution < 1.29 is 14.2 Å². The van der Waals surface area contributed by atoms with E-state index in [9.17, 15) is 9.50 Å². The van der Waals surface area contributed by atoms with Crippen LogP contribution >= 0.6 is 0 Å². The summed E-state index contributed by atoms with van der Waals surface area (Å²) in [6, 6.07) is 8.55. The van der Waals surface area contributed by atoms with E-state index in [0.717, 1.165) is 24.9 Å². The van der Waals surface area contributed by atoms with E-state index in [1.54, 1.807) is 18.3 Å². The Hall–Kier alpha value is -3.33. The van der Waals surface area contributed by atoms with Crippen LogP contribution in [0, 0.1) is 5.82 Å². The molecule has 2 saturated heterocycles. The van der Waals surface area contributed by atoms with Gasteiger partial charge in [0.1, 0.15) is 11.6 Å². The molecule has 2 bridgehead atoms. The van der Waals surface area contributed by atoms with Gasteiger partial charge in [-0.2, -0.15) is 0 Å². The van der Waals surface area contributed by atoms with Crippen LogP contribution < -0.4 is 15.0 Å². The Morgan fingerprint density at radius 2 is 1.77 bits per heavy atom. The van der Waals surface area contributed by atoms with Crippen LogP contribution in [0.1, 0.15) is 44.9 Å². The van der Waals surface area contributed by atoms with E-state index >= 15 is 0 Å². The molecular weight excluding hydrogens is 447 g/mol. The summed E-state index contributed by atoms with van der Waals surface area (Å²) in [5.41, 5.74) is 1.24. The van der Waals surface area contributed by atoms with Crippen LogP contribution in [0.15, 0.2) is 36.7 Å². The minimum atomic E-state index is -0.498. The maximum Gasteiger partial charge on any atom is 0.213 e. The van der Waals surface area contributed by atoms with Gasteiger partial charge in [0, 0.05) is 35.8 Å². The van der Waals surface area contributed by atoms with E-state index < -0.39 is 5.82 Å². The fourth-order valence-electron chi connectivity index (χ4n) is 5.64. The molecule has 2 aliphatic heterocycles. The fraction of sp³-hybridized carbons (Fsp3) is 0.462. The number of aromatic hydroxyl groups is 1. The number of nitrogens with one attached hydrogen (secondary N) is 1. The van der Waals surface area contributed by atoms with Crippen molar-refractivity contribution in [3.05, 3.63) is 42.5 Å². The summed E-state index contributed by atoms with van der Waals surface area (Å²) in [6.07, 6.45) is 11.3. The lowest BCUT2D eigenvalue weighted by Crippen LogP contribution is -2.55. The smallest absolute Gasteiger partial charge is 0.213 e. The second-order valence-corrected chi connectivity index (χ2v) is 9.83. The minimum absolute atomic E-state index is 0.0440. The number of benzene rings is 1. The summed E-state index contributed by atoms with van der Waals surface area (Å²) >= 11 is 0. The van der Waals surface area contributed by atoms with Crippen LogP contribution in [-0.2, 0) is 0 Å². The van der Waals surface area contributed by atoms with E-state index in [1.807, 2.05) is 0 Å². The molecule has 2 N–H and O–H groups in total. The standard InChI is InChI=1S/C26H29FN6O2/c1-35-25-12-21(22(27)13-28-25)15-5-8-20(23(34)9-15)26-29-14-24(31-32-26)33(18-6-7-18)19-10-16-3-2-4-17(11-19)30-16/h5,8-9,12-14,16-19,30,34H,2-4,6-7,10-11H2,1H3/t16-,17+,19-. The predicted octanol–water partition coefficient (Wildman–Crippen LogP) is 4.10. The summed E-state index contributed by atoms with van der Waals surface area (Å²) in [4.78, 5) is 10.9. The van der Waals surface area contributed by atoms with Crippen molar-refractivity contribution in [2.45, 2.75) is 69.1 Å². The first-order valence-electron chi connectivity index (χ1n) is 12.4. The summed E-state index contributed by atoms with van der Waals surface area (Å²) in [7, 11) is 1.47. The average Bonchev–Trinajstić information content (AvgIpc) is 3.70. The van der Waals surface area contributed by atoms with E-state index in [1.165, 1.54) is 51.3 Å². The topological polar surface area (TPSA) is 96.3 Å². The lowest BCUT2D eigenvalue weighted by molar-refractivity contribution is 0.215. The predicted molar refractivity (Wildman–Crippen MR) is 130 cm³/mol. The molecule has 9 heteroatoms. The number of halogens is 1. The molecule has 0 amide bonds. The zero-order valence-electron chi connectivity index (χ0n) is 19.7. The number of hydrogen-bond donors (Lipinski definition) is 2. The lowest BCUT2D eigenvalue weighted by Gasteiger charge is -2.45. The van der Waals surface area contributed by atoms with Gasteiger partial charge in [-0.15, -0.1) is 10.2 Å². The average molecular weight is 477 g/mol. The molecule has 1 aromatic carbocycles. The Kier molecular flexibility index (Phi) is 5.72. The van der Waals surface area contributed by atoms with Gasteiger partial charge >= 0.3 is 0 Å². The number of hydrogen-bond acceptors (Lipinski definition) is 8. The summed E-state index contributed by atoms with van der Waals surface area (Å²) < 4.78 is 19.4. The van der Waals surface area contributed by atoms with Crippen molar-refractivity contribution in [2.75, 3.05) is 12.0 Å². The molecule has 2 aromatic heterocycles. The summed E-state index contributed by atoms with van der Waals surface area (Å²) in [5.74, 6) is 0.900. The number of aromatic nitrogens is 4. The second-order valence-electron chi connectivity index (χ2n) is 9.83. The zero-order valence-corrected chi connectivity index (χ0v) is 19.7. The number of piperidine rings is 2. The highest BCUT2D eigenvalue weighted by Gasteiger charge is 2.40. The van der Waals surface area contributed by atoms with Gasteiger partial charge in [-0.05, 0) is 56.2 Å². The number of rotatable bonds is 6. The summed E-state index contributed by atoms with van der Waals surface area (Å²) in [5, 5.41) is 23.4.